The molecule has 9 atom stereocenters. The van der Waals surface area contributed by atoms with Crippen molar-refractivity contribution in [1.29, 1.82) is 0 Å². The summed E-state index contributed by atoms with van der Waals surface area (Å²) >= 11 is 0. The smallest absolute Gasteiger partial charge is 0.0661 e. The molecule has 31 heavy (non-hydrogen) atoms. The molecule has 0 aliphatic heterocycles. The van der Waals surface area contributed by atoms with Crippen LogP contribution in [0.4, 0.5) is 0 Å². The zero-order valence-corrected chi connectivity index (χ0v) is 20.4. The number of fused-ring (bicyclic) bond motifs is 5. The molecule has 9 unspecified atom stereocenters. The van der Waals surface area contributed by atoms with E-state index in [-0.39, 0.29) is 11.3 Å². The zero-order valence-electron chi connectivity index (χ0n) is 20.4. The van der Waals surface area contributed by atoms with Gasteiger partial charge in [0.05, 0.1) is 17.8 Å². The average Bonchev–Trinajstić information content (AvgIpc) is 3.03. The topological polar surface area (TPSA) is 60.7 Å². The summed E-state index contributed by atoms with van der Waals surface area (Å²) in [4.78, 5) is 0. The maximum Gasteiger partial charge on any atom is 0.0661 e. The Morgan fingerprint density at radius 2 is 1.74 bits per heavy atom. The third-order valence-electron chi connectivity index (χ3n) is 10.2. The maximum absolute atomic E-state index is 11.0. The fourth-order valence-corrected chi connectivity index (χ4v) is 7.66. The normalized spacial score (nSPS) is 44.7. The van der Waals surface area contributed by atoms with E-state index < -0.39 is 17.8 Å². The second-order valence-corrected chi connectivity index (χ2v) is 12.3. The third-order valence-corrected chi connectivity index (χ3v) is 10.2. The molecule has 174 valence electrons. The molecule has 0 bridgehead atoms. The summed E-state index contributed by atoms with van der Waals surface area (Å²) in [5, 5.41) is 31.5. The molecule has 0 aromatic heterocycles. The Kier molecular flexibility index (Phi) is 5.89. The zero-order chi connectivity index (χ0) is 22.8. The minimum absolute atomic E-state index is 0.142. The van der Waals surface area contributed by atoms with Crippen molar-refractivity contribution in [3.05, 3.63) is 35.5 Å². The molecule has 0 saturated heterocycles. The second kappa shape index (κ2) is 7.85. The van der Waals surface area contributed by atoms with Gasteiger partial charge in [0.15, 0.2) is 0 Å². The fraction of sp³-hybridized carbons (Fsp3) is 0.786. The molecular weight excluding hydrogens is 384 g/mol. The summed E-state index contributed by atoms with van der Waals surface area (Å²) in [7, 11) is 0. The molecule has 0 radical (unpaired) electrons. The first-order chi connectivity index (χ1) is 14.4. The van der Waals surface area contributed by atoms with Crippen LogP contribution in [0.15, 0.2) is 35.5 Å². The highest BCUT2D eigenvalue weighted by Gasteiger charge is 2.58. The molecule has 3 saturated carbocycles. The Labute approximate surface area is 189 Å². The van der Waals surface area contributed by atoms with Gasteiger partial charge in [-0.05, 0) is 75.0 Å². The van der Waals surface area contributed by atoms with Crippen molar-refractivity contribution in [2.24, 2.45) is 40.4 Å². The lowest BCUT2D eigenvalue weighted by Crippen LogP contribution is -2.52. The summed E-state index contributed by atoms with van der Waals surface area (Å²) < 4.78 is 0. The lowest BCUT2D eigenvalue weighted by atomic mass is 9.49. The lowest BCUT2D eigenvalue weighted by molar-refractivity contribution is -0.0537. The van der Waals surface area contributed by atoms with Crippen molar-refractivity contribution in [2.75, 3.05) is 0 Å². The second-order valence-electron chi connectivity index (χ2n) is 12.3. The van der Waals surface area contributed by atoms with Crippen LogP contribution in [0.5, 0.6) is 0 Å². The van der Waals surface area contributed by atoms with Gasteiger partial charge in [0, 0.05) is 17.8 Å². The lowest BCUT2D eigenvalue weighted by Gasteiger charge is -2.56. The summed E-state index contributed by atoms with van der Waals surface area (Å²) in [6, 6.07) is 0. The highest BCUT2D eigenvalue weighted by molar-refractivity contribution is 5.40. The Morgan fingerprint density at radius 3 is 2.42 bits per heavy atom. The molecule has 4 rings (SSSR count). The molecule has 3 fully saturated rings. The Hall–Kier alpha value is -0.900. The highest BCUT2D eigenvalue weighted by Crippen LogP contribution is 2.66. The van der Waals surface area contributed by atoms with Gasteiger partial charge >= 0.3 is 0 Å². The van der Waals surface area contributed by atoms with E-state index in [0.717, 1.165) is 6.42 Å². The quantitative estimate of drug-likeness (QED) is 0.524. The first kappa shape index (κ1) is 23.3. The first-order valence-corrected chi connectivity index (χ1v) is 12.6. The van der Waals surface area contributed by atoms with Crippen molar-refractivity contribution in [2.45, 2.75) is 97.9 Å². The molecular formula is C28H44O3. The SMILES string of the molecule is CC(/C=C/C(C)C(C)(C)O)C1CCC2C3=CC=C4CC(O)CC(O)C4(C)C3CCC21C. The van der Waals surface area contributed by atoms with E-state index in [4.69, 9.17) is 0 Å². The standard InChI is InChI=1S/C28H44O3/c1-17(7-8-18(2)26(3,4)31)22-11-12-23-21-10-9-19-15-20(29)16-25(30)28(19,6)24(21)13-14-27(22,23)5/h7-10,17-18,20,22-25,29-31H,11-16H2,1-6H3/b8-7+. The summed E-state index contributed by atoms with van der Waals surface area (Å²) in [6.45, 7) is 13.0. The van der Waals surface area contributed by atoms with Crippen LogP contribution in [-0.4, -0.2) is 33.1 Å². The number of rotatable bonds is 4. The van der Waals surface area contributed by atoms with E-state index in [0.29, 0.717) is 41.9 Å². The van der Waals surface area contributed by atoms with Crippen molar-refractivity contribution in [3.8, 4) is 0 Å². The van der Waals surface area contributed by atoms with Gasteiger partial charge in [-0.25, -0.2) is 0 Å². The van der Waals surface area contributed by atoms with Crippen molar-refractivity contribution in [1.82, 2.24) is 0 Å². The third kappa shape index (κ3) is 3.69. The van der Waals surface area contributed by atoms with E-state index in [1.807, 2.05) is 13.8 Å². The highest BCUT2D eigenvalue weighted by atomic mass is 16.3. The molecule has 0 aromatic carbocycles. The number of allylic oxidation sites excluding steroid dienone is 4. The predicted octanol–water partition coefficient (Wildman–Crippen LogP) is 5.42. The predicted molar refractivity (Wildman–Crippen MR) is 126 cm³/mol. The Balaban J connectivity index is 1.58. The Morgan fingerprint density at radius 1 is 1.03 bits per heavy atom. The molecule has 3 N–H and O–H groups in total. The van der Waals surface area contributed by atoms with Crippen molar-refractivity contribution < 1.29 is 15.3 Å². The molecule has 4 aliphatic carbocycles. The van der Waals surface area contributed by atoms with Crippen LogP contribution in [0.3, 0.4) is 0 Å². The summed E-state index contributed by atoms with van der Waals surface area (Å²) in [5.41, 5.74) is 2.22. The molecule has 3 heteroatoms. The maximum atomic E-state index is 11.0. The van der Waals surface area contributed by atoms with Crippen LogP contribution >= 0.6 is 0 Å². The van der Waals surface area contributed by atoms with Gasteiger partial charge in [0.2, 0.25) is 0 Å². The summed E-state index contributed by atoms with van der Waals surface area (Å²) in [5.74, 6) is 2.29. The van der Waals surface area contributed by atoms with Crippen LogP contribution in [0.25, 0.3) is 0 Å². The molecule has 0 amide bonds. The number of hydrogen-bond donors (Lipinski definition) is 3. The van der Waals surface area contributed by atoms with Crippen molar-refractivity contribution in [3.63, 3.8) is 0 Å². The Bertz CT molecular complexity index is 787. The largest absolute Gasteiger partial charge is 0.393 e. The number of aliphatic hydroxyl groups is 3. The van der Waals surface area contributed by atoms with Crippen LogP contribution < -0.4 is 0 Å². The fourth-order valence-electron chi connectivity index (χ4n) is 7.66. The number of hydrogen-bond acceptors (Lipinski definition) is 3. The molecule has 0 heterocycles. The molecule has 3 nitrogen and oxygen atoms in total. The van der Waals surface area contributed by atoms with Crippen LogP contribution in [-0.2, 0) is 0 Å². The molecule has 0 spiro atoms. The van der Waals surface area contributed by atoms with Crippen molar-refractivity contribution >= 4 is 0 Å². The van der Waals surface area contributed by atoms with Gasteiger partial charge < -0.3 is 15.3 Å². The molecule has 4 aliphatic rings. The van der Waals surface area contributed by atoms with Gasteiger partial charge in [-0.15, -0.1) is 0 Å². The van der Waals surface area contributed by atoms with Gasteiger partial charge in [-0.3, -0.25) is 0 Å². The van der Waals surface area contributed by atoms with Crippen LogP contribution in [0, 0.1) is 40.4 Å². The average molecular weight is 429 g/mol. The molecule has 0 aromatic rings. The van der Waals surface area contributed by atoms with Gasteiger partial charge in [-0.2, -0.15) is 0 Å². The van der Waals surface area contributed by atoms with Gasteiger partial charge in [-0.1, -0.05) is 63.1 Å². The van der Waals surface area contributed by atoms with E-state index in [9.17, 15) is 15.3 Å². The van der Waals surface area contributed by atoms with E-state index >= 15 is 0 Å². The monoisotopic (exact) mass is 428 g/mol. The minimum Gasteiger partial charge on any atom is -0.393 e. The van der Waals surface area contributed by atoms with Crippen LogP contribution in [0.1, 0.15) is 80.1 Å². The van der Waals surface area contributed by atoms with Gasteiger partial charge in [0.25, 0.3) is 0 Å². The van der Waals surface area contributed by atoms with Crippen LogP contribution in [0.2, 0.25) is 0 Å². The summed E-state index contributed by atoms with van der Waals surface area (Å²) in [6.07, 6.45) is 14.4. The van der Waals surface area contributed by atoms with E-state index in [2.05, 4.69) is 52.0 Å². The van der Waals surface area contributed by atoms with Gasteiger partial charge in [0.1, 0.15) is 0 Å². The minimum atomic E-state index is -0.683. The first-order valence-electron chi connectivity index (χ1n) is 12.6. The van der Waals surface area contributed by atoms with E-state index in [1.54, 1.807) is 5.57 Å². The number of aliphatic hydroxyl groups excluding tert-OH is 2. The van der Waals surface area contributed by atoms with E-state index in [1.165, 1.54) is 24.8 Å².